The quantitative estimate of drug-likeness (QED) is 0.876. The van der Waals surface area contributed by atoms with Gasteiger partial charge < -0.3 is 10.1 Å². The molecule has 0 radical (unpaired) electrons. The van der Waals surface area contributed by atoms with Crippen LogP contribution in [0, 0.1) is 0 Å². The van der Waals surface area contributed by atoms with Gasteiger partial charge in [-0.05, 0) is 43.7 Å². The van der Waals surface area contributed by atoms with E-state index in [9.17, 15) is 4.79 Å². The monoisotopic (exact) mass is 337 g/mol. The first-order valence-electron chi connectivity index (χ1n) is 6.83. The molecule has 1 N–H and O–H groups in total. The lowest BCUT2D eigenvalue weighted by Crippen LogP contribution is -2.43. The fourth-order valence-corrected chi connectivity index (χ4v) is 2.76. The van der Waals surface area contributed by atoms with Gasteiger partial charge in [0.2, 0.25) is 0 Å². The van der Waals surface area contributed by atoms with Crippen molar-refractivity contribution in [3.8, 4) is 5.75 Å². The smallest absolute Gasteiger partial charge is 0.258 e. The Bertz CT molecular complexity index is 657. The van der Waals surface area contributed by atoms with E-state index in [1.165, 1.54) is 0 Å². The fraction of sp³-hybridized carbons (Fsp3) is 0.235. The standard InChI is InChI=1S/C17H17Cl2NO2/c1-17(2,14-9-8-12(18)10-15(14)19)20-16(21)11-22-13-6-4-3-5-7-13/h3-10H,11H2,1-2H3,(H,20,21). The van der Waals surface area contributed by atoms with E-state index in [1.807, 2.05) is 38.1 Å². The number of rotatable bonds is 5. The number of amides is 1. The van der Waals surface area contributed by atoms with Gasteiger partial charge in [0.1, 0.15) is 5.75 Å². The molecule has 1 amide bonds. The Morgan fingerprint density at radius 2 is 1.82 bits per heavy atom. The predicted octanol–water partition coefficient (Wildman–Crippen LogP) is 4.42. The number of carbonyl (C=O) groups excluding carboxylic acids is 1. The molecule has 0 saturated heterocycles. The summed E-state index contributed by atoms with van der Waals surface area (Å²) in [6, 6.07) is 14.4. The molecule has 0 unspecified atom stereocenters. The lowest BCUT2D eigenvalue weighted by Gasteiger charge is -2.28. The van der Waals surface area contributed by atoms with Crippen LogP contribution in [-0.2, 0) is 10.3 Å². The molecule has 22 heavy (non-hydrogen) atoms. The van der Waals surface area contributed by atoms with Crippen molar-refractivity contribution in [2.75, 3.05) is 6.61 Å². The lowest BCUT2D eigenvalue weighted by molar-refractivity contribution is -0.124. The van der Waals surface area contributed by atoms with Gasteiger partial charge in [-0.1, -0.05) is 47.5 Å². The maximum atomic E-state index is 12.1. The molecule has 0 atom stereocenters. The van der Waals surface area contributed by atoms with E-state index < -0.39 is 5.54 Å². The maximum Gasteiger partial charge on any atom is 0.258 e. The highest BCUT2D eigenvalue weighted by Gasteiger charge is 2.25. The highest BCUT2D eigenvalue weighted by atomic mass is 35.5. The van der Waals surface area contributed by atoms with E-state index in [4.69, 9.17) is 27.9 Å². The van der Waals surface area contributed by atoms with Crippen molar-refractivity contribution in [1.29, 1.82) is 0 Å². The van der Waals surface area contributed by atoms with Crippen molar-refractivity contribution >= 4 is 29.1 Å². The number of para-hydroxylation sites is 1. The zero-order chi connectivity index (χ0) is 16.2. The second kappa shape index (κ2) is 7.03. The summed E-state index contributed by atoms with van der Waals surface area (Å²) in [5.41, 5.74) is 0.172. The normalized spacial score (nSPS) is 11.1. The van der Waals surface area contributed by atoms with Gasteiger partial charge in [-0.25, -0.2) is 0 Å². The molecule has 2 aromatic rings. The minimum Gasteiger partial charge on any atom is -0.484 e. The zero-order valence-corrected chi connectivity index (χ0v) is 13.9. The molecule has 2 aromatic carbocycles. The molecule has 3 nitrogen and oxygen atoms in total. The van der Waals surface area contributed by atoms with Gasteiger partial charge >= 0.3 is 0 Å². The van der Waals surface area contributed by atoms with Crippen LogP contribution < -0.4 is 10.1 Å². The predicted molar refractivity (Wildman–Crippen MR) is 89.6 cm³/mol. The topological polar surface area (TPSA) is 38.3 Å². The summed E-state index contributed by atoms with van der Waals surface area (Å²) >= 11 is 12.1. The molecular weight excluding hydrogens is 321 g/mol. The summed E-state index contributed by atoms with van der Waals surface area (Å²) in [5.74, 6) is 0.430. The summed E-state index contributed by atoms with van der Waals surface area (Å²) < 4.78 is 5.43. The zero-order valence-electron chi connectivity index (χ0n) is 12.4. The highest BCUT2D eigenvalue weighted by Crippen LogP contribution is 2.30. The molecule has 0 aromatic heterocycles. The maximum absolute atomic E-state index is 12.1. The fourth-order valence-electron chi connectivity index (χ4n) is 2.11. The molecule has 5 heteroatoms. The Hall–Kier alpha value is -1.71. The van der Waals surface area contributed by atoms with Crippen LogP contribution in [0.2, 0.25) is 10.0 Å². The molecule has 0 spiro atoms. The van der Waals surface area contributed by atoms with Gasteiger partial charge in [-0.15, -0.1) is 0 Å². The van der Waals surface area contributed by atoms with Crippen molar-refractivity contribution in [1.82, 2.24) is 5.32 Å². The number of carbonyl (C=O) groups is 1. The van der Waals surface area contributed by atoms with Crippen molar-refractivity contribution in [2.45, 2.75) is 19.4 Å². The van der Waals surface area contributed by atoms with E-state index in [1.54, 1.807) is 24.3 Å². The molecular formula is C17H17Cl2NO2. The third kappa shape index (κ3) is 4.39. The largest absolute Gasteiger partial charge is 0.484 e. The summed E-state index contributed by atoms with van der Waals surface area (Å²) in [6.45, 7) is 3.70. The van der Waals surface area contributed by atoms with Crippen LogP contribution in [-0.4, -0.2) is 12.5 Å². The Labute approximate surface area is 140 Å². The second-order valence-electron chi connectivity index (χ2n) is 5.40. The molecule has 0 aliphatic heterocycles. The van der Waals surface area contributed by atoms with Crippen molar-refractivity contribution in [3.63, 3.8) is 0 Å². The van der Waals surface area contributed by atoms with Crippen LogP contribution in [0.25, 0.3) is 0 Å². The van der Waals surface area contributed by atoms with E-state index in [0.717, 1.165) is 5.56 Å². The van der Waals surface area contributed by atoms with Crippen molar-refractivity contribution in [3.05, 3.63) is 64.1 Å². The van der Waals surface area contributed by atoms with Gasteiger partial charge in [-0.3, -0.25) is 4.79 Å². The summed E-state index contributed by atoms with van der Waals surface area (Å²) in [5, 5.41) is 3.99. The summed E-state index contributed by atoms with van der Waals surface area (Å²) in [7, 11) is 0. The molecule has 0 aliphatic carbocycles. The first kappa shape index (κ1) is 16.7. The summed E-state index contributed by atoms with van der Waals surface area (Å²) in [6.07, 6.45) is 0. The van der Waals surface area contributed by atoms with Gasteiger partial charge in [0.05, 0.1) is 5.54 Å². The SMILES string of the molecule is CC(C)(NC(=O)COc1ccccc1)c1ccc(Cl)cc1Cl. The third-order valence-corrected chi connectivity index (χ3v) is 3.72. The van der Waals surface area contributed by atoms with Crippen LogP contribution in [0.1, 0.15) is 19.4 Å². The molecule has 0 bridgehead atoms. The first-order valence-corrected chi connectivity index (χ1v) is 7.58. The van der Waals surface area contributed by atoms with E-state index in [-0.39, 0.29) is 12.5 Å². The number of ether oxygens (including phenoxy) is 1. The van der Waals surface area contributed by atoms with E-state index >= 15 is 0 Å². The number of hydrogen-bond donors (Lipinski definition) is 1. The second-order valence-corrected chi connectivity index (χ2v) is 6.24. The van der Waals surface area contributed by atoms with Gasteiger partial charge in [0, 0.05) is 10.0 Å². The lowest BCUT2D eigenvalue weighted by atomic mass is 9.94. The van der Waals surface area contributed by atoms with E-state index in [0.29, 0.717) is 15.8 Å². The Balaban J connectivity index is 2.00. The highest BCUT2D eigenvalue weighted by molar-refractivity contribution is 6.35. The number of hydrogen-bond acceptors (Lipinski definition) is 2. The van der Waals surface area contributed by atoms with Crippen molar-refractivity contribution in [2.24, 2.45) is 0 Å². The van der Waals surface area contributed by atoms with Crippen LogP contribution >= 0.6 is 23.2 Å². The van der Waals surface area contributed by atoms with E-state index in [2.05, 4.69) is 5.32 Å². The van der Waals surface area contributed by atoms with Crippen LogP contribution in [0.3, 0.4) is 0 Å². The molecule has 0 fully saturated rings. The van der Waals surface area contributed by atoms with Crippen LogP contribution in [0.15, 0.2) is 48.5 Å². The molecule has 2 rings (SSSR count). The van der Waals surface area contributed by atoms with Crippen LogP contribution in [0.4, 0.5) is 0 Å². The average molecular weight is 338 g/mol. The molecule has 116 valence electrons. The van der Waals surface area contributed by atoms with Gasteiger partial charge in [0.25, 0.3) is 5.91 Å². The molecule has 0 heterocycles. The first-order chi connectivity index (χ1) is 10.4. The Morgan fingerprint density at radius 3 is 2.45 bits per heavy atom. The van der Waals surface area contributed by atoms with Crippen molar-refractivity contribution < 1.29 is 9.53 Å². The van der Waals surface area contributed by atoms with Crippen LogP contribution in [0.5, 0.6) is 5.75 Å². The number of halogens is 2. The Morgan fingerprint density at radius 1 is 1.14 bits per heavy atom. The van der Waals surface area contributed by atoms with Gasteiger partial charge in [-0.2, -0.15) is 0 Å². The molecule has 0 saturated carbocycles. The number of nitrogens with one attached hydrogen (secondary N) is 1. The average Bonchev–Trinajstić information content (AvgIpc) is 2.45. The minimum absolute atomic E-state index is 0.0569. The third-order valence-electron chi connectivity index (χ3n) is 3.17. The number of benzene rings is 2. The minimum atomic E-state index is -0.626. The summed E-state index contributed by atoms with van der Waals surface area (Å²) in [4.78, 5) is 12.1. The Kier molecular flexibility index (Phi) is 5.33. The van der Waals surface area contributed by atoms with Gasteiger partial charge in [0.15, 0.2) is 6.61 Å². The molecule has 0 aliphatic rings.